The molecule has 24 heavy (non-hydrogen) atoms. The highest BCUT2D eigenvalue weighted by Gasteiger charge is 2.17. The van der Waals surface area contributed by atoms with Gasteiger partial charge in [0.2, 0.25) is 5.91 Å². The van der Waals surface area contributed by atoms with Crippen molar-refractivity contribution in [3.63, 3.8) is 0 Å². The Labute approximate surface area is 150 Å². The number of carbonyl (C=O) groups is 1. The minimum absolute atomic E-state index is 0.0605. The van der Waals surface area contributed by atoms with Gasteiger partial charge in [-0.3, -0.25) is 9.59 Å². The second kappa shape index (κ2) is 8.78. The summed E-state index contributed by atoms with van der Waals surface area (Å²) in [6.07, 6.45) is 9.87. The Bertz CT molecular complexity index is 728. The van der Waals surface area contributed by atoms with E-state index in [1.165, 1.54) is 10.7 Å². The Hall–Kier alpha value is -1.95. The fraction of sp³-hybridized carbons (Fsp3) is 0.389. The number of hydrogen-bond acceptors (Lipinski definition) is 3. The smallest absolute Gasteiger partial charge is 0.267 e. The van der Waals surface area contributed by atoms with E-state index in [2.05, 4.69) is 32.9 Å². The molecular formula is C18H22BrN3O2. The van der Waals surface area contributed by atoms with Crippen molar-refractivity contribution < 1.29 is 4.79 Å². The molecule has 0 radical (unpaired) electrons. The predicted molar refractivity (Wildman–Crippen MR) is 99.8 cm³/mol. The normalized spacial score (nSPS) is 15.8. The maximum Gasteiger partial charge on any atom is 0.267 e. The lowest BCUT2D eigenvalue weighted by Crippen LogP contribution is -2.38. The highest BCUT2D eigenvalue weighted by atomic mass is 79.9. The number of nitrogens with zero attached hydrogens (tertiary/aromatic N) is 2. The summed E-state index contributed by atoms with van der Waals surface area (Å²) in [6.45, 7) is 5.58. The van der Waals surface area contributed by atoms with Gasteiger partial charge in [0.25, 0.3) is 5.56 Å². The van der Waals surface area contributed by atoms with E-state index in [1.807, 2.05) is 19.1 Å². The molecule has 1 saturated carbocycles. The summed E-state index contributed by atoms with van der Waals surface area (Å²) in [4.78, 5) is 24.1. The Morgan fingerprint density at radius 3 is 2.75 bits per heavy atom. The minimum atomic E-state index is -0.287. The van der Waals surface area contributed by atoms with E-state index in [4.69, 9.17) is 0 Å². The van der Waals surface area contributed by atoms with Gasteiger partial charge in [-0.2, -0.15) is 5.10 Å². The zero-order valence-corrected chi connectivity index (χ0v) is 15.4. The second-order valence-corrected chi connectivity index (χ2v) is 6.81. The number of halogens is 1. The molecule has 6 heteroatoms. The van der Waals surface area contributed by atoms with Crippen LogP contribution in [0.1, 0.15) is 38.3 Å². The van der Waals surface area contributed by atoms with Crippen LogP contribution >= 0.6 is 15.9 Å². The SMILES string of the molecule is C=C(Br)/C=C\C(=C/C)c1ccc(=O)n(CC(=O)NC2CCCC2)n1. The van der Waals surface area contributed by atoms with E-state index < -0.39 is 0 Å². The molecule has 5 nitrogen and oxygen atoms in total. The molecule has 2 rings (SSSR count). The molecule has 1 amide bonds. The first-order valence-electron chi connectivity index (χ1n) is 8.06. The van der Waals surface area contributed by atoms with Crippen LogP contribution in [0.15, 0.2) is 46.2 Å². The van der Waals surface area contributed by atoms with Crippen molar-refractivity contribution >= 4 is 27.4 Å². The van der Waals surface area contributed by atoms with Crippen molar-refractivity contribution in [3.8, 4) is 0 Å². The van der Waals surface area contributed by atoms with Crippen LogP contribution in [0.5, 0.6) is 0 Å². The van der Waals surface area contributed by atoms with E-state index in [0.29, 0.717) is 5.69 Å². The summed E-state index contributed by atoms with van der Waals surface area (Å²) in [5.74, 6) is -0.167. The molecule has 1 N–H and O–H groups in total. The predicted octanol–water partition coefficient (Wildman–Crippen LogP) is 3.17. The van der Waals surface area contributed by atoms with Crippen molar-refractivity contribution in [3.05, 3.63) is 57.5 Å². The summed E-state index contributed by atoms with van der Waals surface area (Å²) in [5, 5.41) is 7.29. The van der Waals surface area contributed by atoms with Gasteiger partial charge in [-0.25, -0.2) is 4.68 Å². The third-order valence-electron chi connectivity index (χ3n) is 3.93. The Morgan fingerprint density at radius 1 is 1.42 bits per heavy atom. The van der Waals surface area contributed by atoms with Gasteiger partial charge < -0.3 is 5.32 Å². The number of allylic oxidation sites excluding steroid dienone is 5. The number of nitrogens with one attached hydrogen (secondary N) is 1. The Kier molecular flexibility index (Phi) is 6.73. The highest BCUT2D eigenvalue weighted by molar-refractivity contribution is 9.11. The number of carbonyl (C=O) groups excluding carboxylic acids is 1. The molecule has 1 heterocycles. The minimum Gasteiger partial charge on any atom is -0.352 e. The highest BCUT2D eigenvalue weighted by Crippen LogP contribution is 2.17. The molecule has 1 aliphatic rings. The first-order valence-corrected chi connectivity index (χ1v) is 8.85. The maximum absolute atomic E-state index is 12.1. The Balaban J connectivity index is 2.14. The van der Waals surface area contributed by atoms with Crippen molar-refractivity contribution in [1.29, 1.82) is 0 Å². The Morgan fingerprint density at radius 2 is 2.12 bits per heavy atom. The van der Waals surface area contributed by atoms with Crippen LogP contribution in [0.4, 0.5) is 0 Å². The standard InChI is InChI=1S/C18H22BrN3O2/c1-3-14(9-8-13(2)19)16-10-11-18(24)22(21-16)12-17(23)20-15-6-4-5-7-15/h3,8-11,15H,2,4-7,12H2,1H3,(H,20,23)/b9-8-,14-3+. The summed E-state index contributed by atoms with van der Waals surface area (Å²) >= 11 is 3.27. The zero-order chi connectivity index (χ0) is 17.5. The van der Waals surface area contributed by atoms with Crippen LogP contribution in [-0.2, 0) is 11.3 Å². The molecule has 0 aliphatic heterocycles. The molecule has 0 aromatic carbocycles. The first kappa shape index (κ1) is 18.4. The van der Waals surface area contributed by atoms with Crippen molar-refractivity contribution in [2.45, 2.75) is 45.2 Å². The lowest BCUT2D eigenvalue weighted by molar-refractivity contribution is -0.122. The molecule has 1 aromatic rings. The second-order valence-electron chi connectivity index (χ2n) is 5.79. The maximum atomic E-state index is 12.1. The van der Waals surface area contributed by atoms with Gasteiger partial charge in [0, 0.05) is 16.6 Å². The van der Waals surface area contributed by atoms with Crippen molar-refractivity contribution in [2.75, 3.05) is 0 Å². The van der Waals surface area contributed by atoms with Gasteiger partial charge in [0.1, 0.15) is 6.54 Å². The van der Waals surface area contributed by atoms with Crippen LogP contribution in [-0.4, -0.2) is 21.7 Å². The van der Waals surface area contributed by atoms with Gasteiger partial charge >= 0.3 is 0 Å². The molecule has 1 aromatic heterocycles. The lowest BCUT2D eigenvalue weighted by atomic mass is 10.1. The number of aromatic nitrogens is 2. The molecule has 0 atom stereocenters. The number of hydrogen-bond donors (Lipinski definition) is 1. The van der Waals surface area contributed by atoms with E-state index in [1.54, 1.807) is 12.1 Å². The van der Waals surface area contributed by atoms with E-state index in [-0.39, 0.29) is 24.1 Å². The molecular weight excluding hydrogens is 370 g/mol. The summed E-state index contributed by atoms with van der Waals surface area (Å²) in [7, 11) is 0. The van der Waals surface area contributed by atoms with Crippen LogP contribution in [0.3, 0.4) is 0 Å². The molecule has 128 valence electrons. The summed E-state index contributed by atoms with van der Waals surface area (Å²) < 4.78 is 1.95. The van der Waals surface area contributed by atoms with Crippen LogP contribution < -0.4 is 10.9 Å². The van der Waals surface area contributed by atoms with Gasteiger partial charge in [-0.1, -0.05) is 47.5 Å². The molecule has 0 spiro atoms. The molecule has 0 unspecified atom stereocenters. The van der Waals surface area contributed by atoms with Crippen LogP contribution in [0.25, 0.3) is 5.57 Å². The van der Waals surface area contributed by atoms with E-state index in [9.17, 15) is 9.59 Å². The van der Waals surface area contributed by atoms with Gasteiger partial charge in [0.05, 0.1) is 5.69 Å². The van der Waals surface area contributed by atoms with Gasteiger partial charge in [0.15, 0.2) is 0 Å². The third kappa shape index (κ3) is 5.30. The van der Waals surface area contributed by atoms with Crippen molar-refractivity contribution in [1.82, 2.24) is 15.1 Å². The lowest BCUT2D eigenvalue weighted by Gasteiger charge is -2.12. The van der Waals surface area contributed by atoms with Gasteiger partial charge in [-0.15, -0.1) is 0 Å². The number of rotatable bonds is 6. The summed E-state index contributed by atoms with van der Waals surface area (Å²) in [6, 6.07) is 3.32. The monoisotopic (exact) mass is 391 g/mol. The van der Waals surface area contributed by atoms with E-state index in [0.717, 1.165) is 35.7 Å². The molecule has 0 saturated heterocycles. The quantitative estimate of drug-likeness (QED) is 0.757. The topological polar surface area (TPSA) is 64.0 Å². The number of amides is 1. The summed E-state index contributed by atoms with van der Waals surface area (Å²) in [5.41, 5.74) is 1.20. The zero-order valence-electron chi connectivity index (χ0n) is 13.8. The largest absolute Gasteiger partial charge is 0.352 e. The fourth-order valence-electron chi connectivity index (χ4n) is 2.71. The molecule has 1 aliphatic carbocycles. The van der Waals surface area contributed by atoms with E-state index >= 15 is 0 Å². The van der Waals surface area contributed by atoms with Crippen LogP contribution in [0.2, 0.25) is 0 Å². The van der Waals surface area contributed by atoms with Crippen LogP contribution in [0, 0.1) is 0 Å². The average molecular weight is 392 g/mol. The average Bonchev–Trinajstić information content (AvgIpc) is 3.03. The third-order valence-corrected chi connectivity index (χ3v) is 4.20. The van der Waals surface area contributed by atoms with Crippen molar-refractivity contribution in [2.24, 2.45) is 0 Å². The molecule has 1 fully saturated rings. The first-order chi connectivity index (χ1) is 11.5. The fourth-order valence-corrected chi connectivity index (χ4v) is 2.84. The van der Waals surface area contributed by atoms with Gasteiger partial charge in [-0.05, 0) is 37.5 Å². The molecule has 0 bridgehead atoms.